The van der Waals surface area contributed by atoms with E-state index in [-0.39, 0.29) is 30.5 Å². The first kappa shape index (κ1) is 20.8. The molecule has 2 N–H and O–H groups in total. The fraction of sp³-hybridized carbons (Fsp3) is 0.529. The molecule has 0 saturated carbocycles. The highest BCUT2D eigenvalue weighted by Crippen LogP contribution is 2.33. The number of ether oxygens (including phenoxy) is 1. The smallest absolute Gasteiger partial charge is 0.414 e. The number of hydrogen-bond acceptors (Lipinski definition) is 5. The van der Waals surface area contributed by atoms with Crippen molar-refractivity contribution in [3.05, 3.63) is 29.6 Å². The second-order valence-electron chi connectivity index (χ2n) is 6.86. The van der Waals surface area contributed by atoms with Gasteiger partial charge in [0.2, 0.25) is 0 Å². The van der Waals surface area contributed by atoms with Gasteiger partial charge in [0.25, 0.3) is 6.43 Å². The lowest BCUT2D eigenvalue weighted by atomic mass is 9.93. The Hall–Kier alpha value is -1.88. The number of alkyl halides is 2. The minimum absolute atomic E-state index is 0.0551. The predicted octanol–water partition coefficient (Wildman–Crippen LogP) is 3.26. The van der Waals surface area contributed by atoms with Crippen LogP contribution in [-0.2, 0) is 14.5 Å². The summed E-state index contributed by atoms with van der Waals surface area (Å²) in [5.74, 6) is -0.0696. The van der Waals surface area contributed by atoms with Crippen LogP contribution in [0.1, 0.15) is 24.3 Å². The SMILES string of the molecule is N=S1(=O)CCC(c2ccc(N3C[C@H](CNC(=S)C(F)F)OC3=O)cc2F)CC1. The van der Waals surface area contributed by atoms with Crippen LogP contribution in [0.25, 0.3) is 0 Å². The topological polar surface area (TPSA) is 82.5 Å². The van der Waals surface area contributed by atoms with Crippen LogP contribution >= 0.6 is 12.2 Å². The quantitative estimate of drug-likeness (QED) is 0.694. The van der Waals surface area contributed by atoms with Gasteiger partial charge >= 0.3 is 6.09 Å². The summed E-state index contributed by atoms with van der Waals surface area (Å²) in [5.41, 5.74) is 0.789. The molecule has 3 rings (SSSR count). The van der Waals surface area contributed by atoms with Crippen molar-refractivity contribution in [1.29, 1.82) is 4.78 Å². The van der Waals surface area contributed by atoms with Crippen molar-refractivity contribution in [2.75, 3.05) is 29.5 Å². The summed E-state index contributed by atoms with van der Waals surface area (Å²) in [6, 6.07) is 4.44. The van der Waals surface area contributed by atoms with Gasteiger partial charge in [-0.05, 0) is 36.5 Å². The van der Waals surface area contributed by atoms with Gasteiger partial charge in [-0.15, -0.1) is 0 Å². The molecule has 6 nitrogen and oxygen atoms in total. The van der Waals surface area contributed by atoms with Gasteiger partial charge in [0.15, 0.2) is 0 Å². The third kappa shape index (κ3) is 4.75. The Labute approximate surface area is 166 Å². The van der Waals surface area contributed by atoms with Crippen molar-refractivity contribution in [3.63, 3.8) is 0 Å². The molecule has 2 fully saturated rings. The van der Waals surface area contributed by atoms with E-state index in [1.165, 1.54) is 11.0 Å². The third-order valence-corrected chi connectivity index (χ3v) is 7.02. The molecule has 1 atom stereocenters. The molecule has 2 saturated heterocycles. The van der Waals surface area contributed by atoms with Gasteiger partial charge in [-0.25, -0.2) is 22.2 Å². The highest BCUT2D eigenvalue weighted by Gasteiger charge is 2.33. The molecule has 0 spiro atoms. The number of halogens is 3. The van der Waals surface area contributed by atoms with Crippen molar-refractivity contribution >= 4 is 38.7 Å². The molecule has 2 aliphatic heterocycles. The van der Waals surface area contributed by atoms with E-state index < -0.39 is 39.2 Å². The Kier molecular flexibility index (Phi) is 6.13. The van der Waals surface area contributed by atoms with Crippen molar-refractivity contribution in [1.82, 2.24) is 5.32 Å². The van der Waals surface area contributed by atoms with Crippen LogP contribution < -0.4 is 10.2 Å². The molecule has 2 aliphatic rings. The molecule has 0 aromatic heterocycles. The van der Waals surface area contributed by atoms with Crippen LogP contribution in [0.3, 0.4) is 0 Å². The monoisotopic (exact) mass is 435 g/mol. The molecule has 1 aromatic carbocycles. The molecular weight excluding hydrogens is 415 g/mol. The molecule has 0 bridgehead atoms. The van der Waals surface area contributed by atoms with E-state index in [4.69, 9.17) is 9.52 Å². The molecule has 1 aromatic rings. The van der Waals surface area contributed by atoms with Gasteiger partial charge in [0.05, 0.1) is 18.8 Å². The number of rotatable bonds is 5. The van der Waals surface area contributed by atoms with E-state index in [0.717, 1.165) is 0 Å². The lowest BCUT2D eigenvalue weighted by Gasteiger charge is -2.25. The van der Waals surface area contributed by atoms with E-state index in [1.54, 1.807) is 12.1 Å². The molecule has 0 aliphatic carbocycles. The number of hydrogen-bond donors (Lipinski definition) is 2. The number of nitrogens with zero attached hydrogens (tertiary/aromatic N) is 1. The molecule has 28 heavy (non-hydrogen) atoms. The van der Waals surface area contributed by atoms with E-state index in [1.807, 2.05) is 0 Å². The molecule has 154 valence electrons. The number of benzene rings is 1. The molecule has 0 unspecified atom stereocenters. The molecule has 1 amide bonds. The zero-order valence-corrected chi connectivity index (χ0v) is 16.5. The maximum atomic E-state index is 14.6. The molecular formula is C17H20F3N3O3S2. The first-order valence-electron chi connectivity index (χ1n) is 8.74. The highest BCUT2D eigenvalue weighted by molar-refractivity contribution is 7.92. The van der Waals surface area contributed by atoms with E-state index in [0.29, 0.717) is 24.1 Å². The number of carbonyl (C=O) groups excluding carboxylic acids is 1. The third-order valence-electron chi connectivity index (χ3n) is 4.90. The van der Waals surface area contributed by atoms with Crippen molar-refractivity contribution < 1.29 is 26.9 Å². The summed E-state index contributed by atoms with van der Waals surface area (Å²) in [7, 11) is -2.54. The van der Waals surface area contributed by atoms with E-state index >= 15 is 0 Å². The molecule has 2 heterocycles. The van der Waals surface area contributed by atoms with Crippen LogP contribution in [0.2, 0.25) is 0 Å². The molecule has 11 heteroatoms. The lowest BCUT2D eigenvalue weighted by Crippen LogP contribution is -2.36. The Balaban J connectivity index is 1.65. The van der Waals surface area contributed by atoms with E-state index in [9.17, 15) is 22.2 Å². The van der Waals surface area contributed by atoms with E-state index in [2.05, 4.69) is 17.5 Å². The van der Waals surface area contributed by atoms with Gasteiger partial charge in [0, 0.05) is 21.2 Å². The minimum atomic E-state index is -2.78. The average molecular weight is 435 g/mol. The zero-order valence-electron chi connectivity index (χ0n) is 14.8. The predicted molar refractivity (Wildman–Crippen MR) is 103 cm³/mol. The maximum absolute atomic E-state index is 14.6. The van der Waals surface area contributed by atoms with Crippen LogP contribution in [0.5, 0.6) is 0 Å². The summed E-state index contributed by atoms with van der Waals surface area (Å²) in [5, 5.41) is 2.35. The fourth-order valence-electron chi connectivity index (χ4n) is 3.37. The Morgan fingerprint density at radius 1 is 1.39 bits per heavy atom. The Bertz CT molecular complexity index is 866. The maximum Gasteiger partial charge on any atom is 0.414 e. The van der Waals surface area contributed by atoms with Crippen LogP contribution in [0, 0.1) is 10.6 Å². The zero-order chi connectivity index (χ0) is 20.5. The van der Waals surface area contributed by atoms with Crippen LogP contribution in [0.15, 0.2) is 18.2 Å². The first-order chi connectivity index (χ1) is 13.2. The number of amides is 1. The van der Waals surface area contributed by atoms with Crippen molar-refractivity contribution in [2.24, 2.45) is 0 Å². The van der Waals surface area contributed by atoms with Crippen LogP contribution in [-0.4, -0.2) is 52.4 Å². The summed E-state index contributed by atoms with van der Waals surface area (Å²) in [4.78, 5) is 12.7. The fourth-order valence-corrected chi connectivity index (χ4v) is 4.99. The average Bonchev–Trinajstić information content (AvgIpc) is 3.00. The standard InChI is InChI=1S/C17H20F3N3O3S2/c18-14-7-11(1-2-13(14)10-3-5-28(21,25)6-4-10)23-9-12(26-17(23)24)8-22-16(27)15(19)20/h1-2,7,10,12,15,21H,3-6,8-9H2,(H,22,27)/t10?,12-,28?/m0/s1. The van der Waals surface area contributed by atoms with Crippen molar-refractivity contribution in [2.45, 2.75) is 31.3 Å². The number of carbonyl (C=O) groups is 1. The summed E-state index contributed by atoms with van der Waals surface area (Å²) in [6.45, 7) is 0.0290. The summed E-state index contributed by atoms with van der Waals surface area (Å²) >= 11 is 4.48. The van der Waals surface area contributed by atoms with Gasteiger partial charge in [-0.1, -0.05) is 18.3 Å². The van der Waals surface area contributed by atoms with Gasteiger partial charge in [-0.2, -0.15) is 0 Å². The largest absolute Gasteiger partial charge is 0.442 e. The number of nitrogens with one attached hydrogen (secondary N) is 2. The summed E-state index contributed by atoms with van der Waals surface area (Å²) in [6.07, 6.45) is -3.18. The lowest BCUT2D eigenvalue weighted by molar-refractivity contribution is 0.142. The second-order valence-corrected chi connectivity index (χ2v) is 9.74. The van der Waals surface area contributed by atoms with Crippen LogP contribution in [0.4, 0.5) is 23.7 Å². The molecule has 0 radical (unpaired) electrons. The van der Waals surface area contributed by atoms with Gasteiger partial charge in [0.1, 0.15) is 16.9 Å². The minimum Gasteiger partial charge on any atom is -0.442 e. The number of cyclic esters (lactones) is 1. The highest BCUT2D eigenvalue weighted by atomic mass is 32.2. The van der Waals surface area contributed by atoms with Crippen molar-refractivity contribution in [3.8, 4) is 0 Å². The Morgan fingerprint density at radius 2 is 2.07 bits per heavy atom. The van der Waals surface area contributed by atoms with Gasteiger partial charge < -0.3 is 10.1 Å². The second kappa shape index (κ2) is 8.24. The Morgan fingerprint density at radius 3 is 2.68 bits per heavy atom. The van der Waals surface area contributed by atoms with Gasteiger partial charge in [-0.3, -0.25) is 9.68 Å². The first-order valence-corrected chi connectivity index (χ1v) is 11.0. The summed E-state index contributed by atoms with van der Waals surface area (Å²) < 4.78 is 63.9. The number of anilines is 1. The normalized spacial score (nSPS) is 27.7. The number of thiocarbonyl (C=S) groups is 1.